The smallest absolute Gasteiger partial charge is 0.0166 e. The van der Waals surface area contributed by atoms with Crippen LogP contribution in [0.5, 0.6) is 0 Å². The highest BCUT2D eigenvalue weighted by Gasteiger charge is 2.41. The first-order chi connectivity index (χ1) is 8.01. The summed E-state index contributed by atoms with van der Waals surface area (Å²) in [5, 5.41) is 3.66. The van der Waals surface area contributed by atoms with Crippen molar-refractivity contribution in [3.05, 3.63) is 12.7 Å². The zero-order chi connectivity index (χ0) is 12.5. The Kier molecular flexibility index (Phi) is 3.94. The maximum Gasteiger partial charge on any atom is 0.0166 e. The van der Waals surface area contributed by atoms with Crippen molar-refractivity contribution in [3.8, 4) is 0 Å². The van der Waals surface area contributed by atoms with Gasteiger partial charge in [0.2, 0.25) is 0 Å². The Bertz CT molecular complexity index is 263. The summed E-state index contributed by atoms with van der Waals surface area (Å²) < 4.78 is 0. The molecule has 0 spiro atoms. The minimum Gasteiger partial charge on any atom is -0.312 e. The number of hydrogen-bond donors (Lipinski definition) is 1. The van der Waals surface area contributed by atoms with E-state index in [2.05, 4.69) is 43.6 Å². The topological polar surface area (TPSA) is 15.3 Å². The molecule has 0 saturated heterocycles. The van der Waals surface area contributed by atoms with E-state index < -0.39 is 0 Å². The molecule has 0 heterocycles. The molecule has 0 radical (unpaired) electrons. The molecular weight excluding hydrogens is 208 g/mol. The lowest BCUT2D eigenvalue weighted by molar-refractivity contribution is 0.0612. The zero-order valence-electron chi connectivity index (χ0n) is 11.7. The normalized spacial score (nSPS) is 29.2. The SMILES string of the molecule is C=CCN(C1CC1)C1CCC1CNC(C)(C)C. The van der Waals surface area contributed by atoms with Gasteiger partial charge in [0.1, 0.15) is 0 Å². The molecule has 17 heavy (non-hydrogen) atoms. The molecule has 0 aromatic heterocycles. The van der Waals surface area contributed by atoms with Gasteiger partial charge in [-0.25, -0.2) is 0 Å². The van der Waals surface area contributed by atoms with Gasteiger partial charge in [-0.3, -0.25) is 4.90 Å². The molecule has 1 N–H and O–H groups in total. The lowest BCUT2D eigenvalue weighted by Crippen LogP contribution is -2.53. The third kappa shape index (κ3) is 3.56. The molecule has 2 aliphatic rings. The van der Waals surface area contributed by atoms with Crippen LogP contribution in [0.15, 0.2) is 12.7 Å². The molecule has 0 amide bonds. The van der Waals surface area contributed by atoms with Crippen molar-refractivity contribution in [1.29, 1.82) is 0 Å². The fourth-order valence-corrected chi connectivity index (χ4v) is 2.77. The van der Waals surface area contributed by atoms with E-state index in [0.717, 1.165) is 24.5 Å². The number of nitrogens with one attached hydrogen (secondary N) is 1. The number of rotatable bonds is 6. The third-order valence-electron chi connectivity index (χ3n) is 4.05. The highest BCUT2D eigenvalue weighted by molar-refractivity contribution is 4.99. The van der Waals surface area contributed by atoms with Gasteiger partial charge in [0, 0.05) is 24.2 Å². The van der Waals surface area contributed by atoms with Crippen molar-refractivity contribution >= 4 is 0 Å². The molecule has 2 atom stereocenters. The summed E-state index contributed by atoms with van der Waals surface area (Å²) in [6.45, 7) is 12.9. The average Bonchev–Trinajstić information content (AvgIpc) is 2.96. The van der Waals surface area contributed by atoms with Gasteiger partial charge >= 0.3 is 0 Å². The van der Waals surface area contributed by atoms with Gasteiger partial charge in [-0.1, -0.05) is 6.08 Å². The van der Waals surface area contributed by atoms with Crippen molar-refractivity contribution in [1.82, 2.24) is 10.2 Å². The summed E-state index contributed by atoms with van der Waals surface area (Å²) in [7, 11) is 0. The molecule has 0 aromatic carbocycles. The van der Waals surface area contributed by atoms with Crippen LogP contribution in [0.25, 0.3) is 0 Å². The summed E-state index contributed by atoms with van der Waals surface area (Å²) in [5.41, 5.74) is 0.253. The summed E-state index contributed by atoms with van der Waals surface area (Å²) >= 11 is 0. The lowest BCUT2D eigenvalue weighted by Gasteiger charge is -2.45. The second-order valence-corrected chi connectivity index (χ2v) is 6.75. The Morgan fingerprint density at radius 2 is 1.94 bits per heavy atom. The predicted molar refractivity (Wildman–Crippen MR) is 74.2 cm³/mol. The number of nitrogens with zero attached hydrogens (tertiary/aromatic N) is 1. The van der Waals surface area contributed by atoms with Crippen LogP contribution in [-0.4, -0.2) is 35.6 Å². The number of hydrogen-bond acceptors (Lipinski definition) is 2. The first-order valence-corrected chi connectivity index (χ1v) is 7.13. The quantitative estimate of drug-likeness (QED) is 0.713. The summed E-state index contributed by atoms with van der Waals surface area (Å²) in [6.07, 6.45) is 7.67. The first kappa shape index (κ1) is 13.1. The molecule has 2 unspecified atom stereocenters. The second-order valence-electron chi connectivity index (χ2n) is 6.75. The van der Waals surface area contributed by atoms with Crippen molar-refractivity contribution in [2.45, 2.75) is 64.1 Å². The van der Waals surface area contributed by atoms with E-state index >= 15 is 0 Å². The molecule has 0 aliphatic heterocycles. The van der Waals surface area contributed by atoms with E-state index in [1.54, 1.807) is 0 Å². The van der Waals surface area contributed by atoms with E-state index in [-0.39, 0.29) is 5.54 Å². The van der Waals surface area contributed by atoms with Crippen LogP contribution in [-0.2, 0) is 0 Å². The molecule has 98 valence electrons. The van der Waals surface area contributed by atoms with Crippen molar-refractivity contribution in [3.63, 3.8) is 0 Å². The van der Waals surface area contributed by atoms with Crippen LogP contribution in [0.1, 0.15) is 46.5 Å². The average molecular weight is 236 g/mol. The van der Waals surface area contributed by atoms with Crippen LogP contribution < -0.4 is 5.32 Å². The Hall–Kier alpha value is -0.340. The van der Waals surface area contributed by atoms with Crippen LogP contribution >= 0.6 is 0 Å². The molecule has 2 rings (SSSR count). The van der Waals surface area contributed by atoms with Gasteiger partial charge in [0.15, 0.2) is 0 Å². The van der Waals surface area contributed by atoms with Gasteiger partial charge in [-0.15, -0.1) is 6.58 Å². The minimum atomic E-state index is 0.253. The molecule has 2 heteroatoms. The molecule has 2 aliphatic carbocycles. The third-order valence-corrected chi connectivity index (χ3v) is 4.05. The van der Waals surface area contributed by atoms with Crippen LogP contribution in [0.3, 0.4) is 0 Å². The van der Waals surface area contributed by atoms with Crippen molar-refractivity contribution in [2.75, 3.05) is 13.1 Å². The second kappa shape index (κ2) is 5.11. The van der Waals surface area contributed by atoms with Gasteiger partial charge in [0.25, 0.3) is 0 Å². The fourth-order valence-electron chi connectivity index (χ4n) is 2.77. The Labute approximate surface area is 106 Å². The molecule has 2 nitrogen and oxygen atoms in total. The van der Waals surface area contributed by atoms with Gasteiger partial charge in [-0.2, -0.15) is 0 Å². The monoisotopic (exact) mass is 236 g/mol. The van der Waals surface area contributed by atoms with Crippen molar-refractivity contribution < 1.29 is 0 Å². The Morgan fingerprint density at radius 1 is 1.24 bits per heavy atom. The maximum absolute atomic E-state index is 3.90. The van der Waals surface area contributed by atoms with Gasteiger partial charge in [-0.05, 0) is 58.9 Å². The molecular formula is C15H28N2. The van der Waals surface area contributed by atoms with Gasteiger partial charge < -0.3 is 5.32 Å². The van der Waals surface area contributed by atoms with E-state index in [1.807, 2.05) is 0 Å². The standard InChI is InChI=1S/C15H28N2/c1-5-10-17(13-7-8-13)14-9-6-12(14)11-16-15(2,3)4/h5,12-14,16H,1,6-11H2,2-4H3. The summed E-state index contributed by atoms with van der Waals surface area (Å²) in [4.78, 5) is 2.70. The van der Waals surface area contributed by atoms with E-state index in [9.17, 15) is 0 Å². The summed E-state index contributed by atoms with van der Waals surface area (Å²) in [5.74, 6) is 0.856. The fraction of sp³-hybridized carbons (Fsp3) is 0.867. The van der Waals surface area contributed by atoms with Crippen LogP contribution in [0, 0.1) is 5.92 Å². The highest BCUT2D eigenvalue weighted by Crippen LogP contribution is 2.38. The molecule has 0 aromatic rings. The largest absolute Gasteiger partial charge is 0.312 e. The highest BCUT2D eigenvalue weighted by atomic mass is 15.2. The Balaban J connectivity index is 1.82. The molecule has 0 bridgehead atoms. The zero-order valence-corrected chi connectivity index (χ0v) is 11.7. The van der Waals surface area contributed by atoms with Crippen molar-refractivity contribution in [2.24, 2.45) is 5.92 Å². The maximum atomic E-state index is 3.90. The summed E-state index contributed by atoms with van der Waals surface area (Å²) in [6, 6.07) is 1.69. The first-order valence-electron chi connectivity index (χ1n) is 7.13. The lowest BCUT2D eigenvalue weighted by atomic mass is 9.78. The van der Waals surface area contributed by atoms with E-state index in [0.29, 0.717) is 0 Å². The molecule has 2 fully saturated rings. The Morgan fingerprint density at radius 3 is 2.35 bits per heavy atom. The van der Waals surface area contributed by atoms with Crippen LogP contribution in [0.4, 0.5) is 0 Å². The van der Waals surface area contributed by atoms with E-state index in [1.165, 1.54) is 32.2 Å². The minimum absolute atomic E-state index is 0.253. The molecule has 2 saturated carbocycles. The van der Waals surface area contributed by atoms with Gasteiger partial charge in [0.05, 0.1) is 0 Å². The predicted octanol–water partition coefficient (Wildman–Crippen LogP) is 2.80. The van der Waals surface area contributed by atoms with Crippen LogP contribution in [0.2, 0.25) is 0 Å². The van der Waals surface area contributed by atoms with E-state index in [4.69, 9.17) is 0 Å².